The van der Waals surface area contributed by atoms with E-state index in [0.717, 1.165) is 5.56 Å². The van der Waals surface area contributed by atoms with E-state index in [1.54, 1.807) is 0 Å². The molecule has 1 aromatic carbocycles. The van der Waals surface area contributed by atoms with Gasteiger partial charge in [-0.15, -0.1) is 0 Å². The first-order valence-electron chi connectivity index (χ1n) is 11.2. The molecular weight excluding hydrogens is 440 g/mol. The highest BCUT2D eigenvalue weighted by Gasteiger charge is 2.51. The molecule has 0 fully saturated rings. The lowest BCUT2D eigenvalue weighted by atomic mass is 9.94. The Hall–Kier alpha value is -1.94. The van der Waals surface area contributed by atoms with Crippen molar-refractivity contribution in [3.63, 3.8) is 0 Å². The van der Waals surface area contributed by atoms with Gasteiger partial charge in [0.2, 0.25) is 0 Å². The van der Waals surface area contributed by atoms with Gasteiger partial charge < -0.3 is 13.3 Å². The zero-order chi connectivity index (χ0) is 25.0. The Bertz CT molecular complexity index is 665. The summed E-state index contributed by atoms with van der Waals surface area (Å²) in [5.74, 6) is -1.93. The summed E-state index contributed by atoms with van der Waals surface area (Å²) >= 11 is 0. The molecule has 0 amide bonds. The standard InChI is InChI=1S/C15H20O6Si.C9H22Si/c1-12(16)19-22(20-13(2)17,21-14(3)18)11-7-10-15-8-5-4-6-9-15;1-9(2,3)7-8-10(4,5)6/h4-6,8-9H,7,10-11H2,1-3H3;7-8H2,1-6H3. The molecule has 8 heteroatoms. The van der Waals surface area contributed by atoms with Gasteiger partial charge in [0.25, 0.3) is 17.9 Å². The quantitative estimate of drug-likeness (QED) is 0.401. The third kappa shape index (κ3) is 16.7. The summed E-state index contributed by atoms with van der Waals surface area (Å²) in [4.78, 5) is 33.9. The van der Waals surface area contributed by atoms with Crippen LogP contribution < -0.4 is 0 Å². The first-order chi connectivity index (χ1) is 14.5. The molecule has 0 aliphatic carbocycles. The van der Waals surface area contributed by atoms with E-state index in [9.17, 15) is 14.4 Å². The van der Waals surface area contributed by atoms with Crippen LogP contribution in [-0.2, 0) is 34.1 Å². The number of hydrogen-bond acceptors (Lipinski definition) is 6. The Labute approximate surface area is 196 Å². The predicted molar refractivity (Wildman–Crippen MR) is 133 cm³/mol. The van der Waals surface area contributed by atoms with E-state index in [-0.39, 0.29) is 6.04 Å². The van der Waals surface area contributed by atoms with Gasteiger partial charge in [-0.25, -0.2) is 0 Å². The molecule has 0 aliphatic heterocycles. The molecule has 182 valence electrons. The minimum atomic E-state index is -3.69. The molecular formula is C24H42O6Si2. The molecule has 1 aromatic rings. The molecule has 0 saturated heterocycles. The van der Waals surface area contributed by atoms with Crippen LogP contribution in [0.5, 0.6) is 0 Å². The summed E-state index contributed by atoms with van der Waals surface area (Å²) in [6.45, 7) is 17.9. The normalized spacial score (nSPS) is 11.7. The van der Waals surface area contributed by atoms with Gasteiger partial charge in [0.15, 0.2) is 0 Å². The third-order valence-electron chi connectivity index (χ3n) is 4.31. The van der Waals surface area contributed by atoms with Crippen molar-refractivity contribution in [1.82, 2.24) is 0 Å². The summed E-state index contributed by atoms with van der Waals surface area (Å²) < 4.78 is 15.3. The lowest BCUT2D eigenvalue weighted by Gasteiger charge is -2.26. The maximum Gasteiger partial charge on any atom is 0.705 e. The van der Waals surface area contributed by atoms with Gasteiger partial charge in [0.05, 0.1) is 6.04 Å². The number of rotatable bonds is 9. The molecule has 0 atom stereocenters. The first kappa shape index (κ1) is 30.1. The average molecular weight is 483 g/mol. The second-order valence-electron chi connectivity index (χ2n) is 10.4. The molecule has 0 saturated carbocycles. The molecule has 1 rings (SSSR count). The predicted octanol–water partition coefficient (Wildman–Crippen LogP) is 6.01. The Morgan fingerprint density at radius 1 is 0.781 bits per heavy atom. The van der Waals surface area contributed by atoms with Gasteiger partial charge in [-0.05, 0) is 23.8 Å². The molecule has 0 radical (unpaired) electrons. The fourth-order valence-corrected chi connectivity index (χ4v) is 6.63. The number of hydrogen-bond donors (Lipinski definition) is 0. The number of benzene rings is 1. The first-order valence-corrected chi connectivity index (χ1v) is 16.8. The minimum Gasteiger partial charge on any atom is -0.455 e. The van der Waals surface area contributed by atoms with Gasteiger partial charge in [0, 0.05) is 28.8 Å². The third-order valence-corrected chi connectivity index (χ3v) is 8.83. The van der Waals surface area contributed by atoms with Crippen LogP contribution in [0.1, 0.15) is 59.9 Å². The Morgan fingerprint density at radius 2 is 1.22 bits per heavy atom. The van der Waals surface area contributed by atoms with E-state index in [2.05, 4.69) is 40.4 Å². The lowest BCUT2D eigenvalue weighted by Crippen LogP contribution is -2.49. The van der Waals surface area contributed by atoms with Crippen LogP contribution in [0.15, 0.2) is 30.3 Å². The molecule has 0 aliphatic rings. The SMILES string of the molecule is CC(=O)O[Si](CCCc1ccccc1)(OC(C)=O)OC(C)=O.CC(C)(C)CC[Si](C)(C)C. The van der Waals surface area contributed by atoms with E-state index in [4.69, 9.17) is 13.3 Å². The molecule has 0 heterocycles. The second kappa shape index (κ2) is 13.6. The van der Waals surface area contributed by atoms with Crippen molar-refractivity contribution in [2.24, 2.45) is 5.41 Å². The van der Waals surface area contributed by atoms with Crippen molar-refractivity contribution in [1.29, 1.82) is 0 Å². The van der Waals surface area contributed by atoms with Crippen molar-refractivity contribution in [3.8, 4) is 0 Å². The molecule has 0 bridgehead atoms. The molecule has 0 aromatic heterocycles. The van der Waals surface area contributed by atoms with Crippen LogP contribution in [0.3, 0.4) is 0 Å². The summed E-state index contributed by atoms with van der Waals surface area (Å²) in [5, 5.41) is 0. The van der Waals surface area contributed by atoms with Crippen molar-refractivity contribution in [3.05, 3.63) is 35.9 Å². The maximum absolute atomic E-state index is 11.3. The van der Waals surface area contributed by atoms with Gasteiger partial charge in [-0.2, -0.15) is 0 Å². The number of carbonyl (C=O) groups excluding carboxylic acids is 3. The van der Waals surface area contributed by atoms with E-state index >= 15 is 0 Å². The van der Waals surface area contributed by atoms with Crippen molar-refractivity contribution < 1.29 is 27.7 Å². The summed E-state index contributed by atoms with van der Waals surface area (Å²) in [6, 6.07) is 11.4. The van der Waals surface area contributed by atoms with Crippen molar-refractivity contribution in [2.45, 2.75) is 92.5 Å². The van der Waals surface area contributed by atoms with Gasteiger partial charge in [-0.3, -0.25) is 14.4 Å². The van der Waals surface area contributed by atoms with E-state index < -0.39 is 34.8 Å². The molecule has 0 N–H and O–H groups in total. The Balaban J connectivity index is 0.000000809. The summed E-state index contributed by atoms with van der Waals surface area (Å²) in [7, 11) is -4.45. The maximum atomic E-state index is 11.3. The Morgan fingerprint density at radius 3 is 1.53 bits per heavy atom. The molecule has 0 unspecified atom stereocenters. The van der Waals surface area contributed by atoms with Crippen LogP contribution in [0.25, 0.3) is 0 Å². The smallest absolute Gasteiger partial charge is 0.455 e. The number of aryl methyl sites for hydroxylation is 1. The topological polar surface area (TPSA) is 78.9 Å². The summed E-state index contributed by atoms with van der Waals surface area (Å²) in [6.07, 6.45) is 2.65. The van der Waals surface area contributed by atoms with Crippen LogP contribution in [0.2, 0.25) is 31.7 Å². The second-order valence-corrected chi connectivity index (χ2v) is 18.5. The van der Waals surface area contributed by atoms with Crippen molar-refractivity contribution in [2.75, 3.05) is 0 Å². The molecule has 0 spiro atoms. The highest BCUT2D eigenvalue weighted by atomic mass is 28.4. The van der Waals surface area contributed by atoms with Crippen LogP contribution in [-0.4, -0.2) is 34.8 Å². The average Bonchev–Trinajstić information content (AvgIpc) is 2.58. The minimum absolute atomic E-state index is 0.195. The van der Waals surface area contributed by atoms with Gasteiger partial charge in [0.1, 0.15) is 0 Å². The Kier molecular flexibility index (Phi) is 12.8. The highest BCUT2D eigenvalue weighted by Crippen LogP contribution is 2.25. The zero-order valence-electron chi connectivity index (χ0n) is 21.4. The van der Waals surface area contributed by atoms with Crippen LogP contribution in [0.4, 0.5) is 0 Å². The van der Waals surface area contributed by atoms with E-state index in [0.29, 0.717) is 18.3 Å². The van der Waals surface area contributed by atoms with Crippen molar-refractivity contribution >= 4 is 34.8 Å². The monoisotopic (exact) mass is 482 g/mol. The highest BCUT2D eigenvalue weighted by molar-refractivity contribution is 6.76. The van der Waals surface area contributed by atoms with E-state index in [1.165, 1.54) is 33.2 Å². The van der Waals surface area contributed by atoms with Crippen LogP contribution >= 0.6 is 0 Å². The zero-order valence-corrected chi connectivity index (χ0v) is 23.4. The molecule has 6 nitrogen and oxygen atoms in total. The van der Waals surface area contributed by atoms with Gasteiger partial charge in [-0.1, -0.05) is 83.2 Å². The molecule has 32 heavy (non-hydrogen) atoms. The van der Waals surface area contributed by atoms with Gasteiger partial charge >= 0.3 is 8.80 Å². The largest absolute Gasteiger partial charge is 0.705 e. The lowest BCUT2D eigenvalue weighted by molar-refractivity contribution is -0.147. The van der Waals surface area contributed by atoms with Crippen LogP contribution in [0, 0.1) is 5.41 Å². The fraction of sp³-hybridized carbons (Fsp3) is 0.625. The van der Waals surface area contributed by atoms with E-state index in [1.807, 2.05) is 30.3 Å². The number of carbonyl (C=O) groups is 3. The summed E-state index contributed by atoms with van der Waals surface area (Å²) in [5.41, 5.74) is 1.64. The fourth-order valence-electron chi connectivity index (χ4n) is 2.78.